The van der Waals surface area contributed by atoms with Crippen LogP contribution in [-0.4, -0.2) is 25.4 Å². The van der Waals surface area contributed by atoms with Gasteiger partial charge in [0.2, 0.25) is 0 Å². The number of H-pyrrole nitrogens is 1. The number of ether oxygens (including phenoxy) is 1. The van der Waals surface area contributed by atoms with Gasteiger partial charge in [-0.25, -0.2) is 8.42 Å². The normalized spacial score (nSPS) is 11.7. The van der Waals surface area contributed by atoms with Crippen LogP contribution in [-0.2, 0) is 16.6 Å². The van der Waals surface area contributed by atoms with Crippen LogP contribution < -0.4 is 9.46 Å². The molecule has 10 nitrogen and oxygen atoms in total. The average molecular weight is 465 g/mol. The second-order valence-corrected chi connectivity index (χ2v) is 8.62. The molecule has 0 spiro atoms. The molecule has 1 aromatic heterocycles. The fourth-order valence-corrected chi connectivity index (χ4v) is 4.52. The summed E-state index contributed by atoms with van der Waals surface area (Å²) in [5.74, 6) is 0.300. The number of rotatable bonds is 8. The van der Waals surface area contributed by atoms with Crippen LogP contribution in [0.5, 0.6) is 5.75 Å². The SMILES string of the molecule is COc1ccccc1NS(=O)(=O)c1cc([N+](=O)[O-])ccc1N=NCc1c[nH]c2ccccc12. The molecule has 0 amide bonds. The molecule has 33 heavy (non-hydrogen) atoms. The number of nitrogens with zero attached hydrogens (tertiary/aromatic N) is 3. The zero-order chi connectivity index (χ0) is 23.4. The van der Waals surface area contributed by atoms with E-state index in [-0.39, 0.29) is 28.5 Å². The molecule has 0 fully saturated rings. The number of hydrogen-bond donors (Lipinski definition) is 2. The molecule has 0 aliphatic rings. The number of methoxy groups -OCH3 is 1. The fourth-order valence-electron chi connectivity index (χ4n) is 3.29. The first-order chi connectivity index (χ1) is 15.9. The number of non-ortho nitro benzene ring substituents is 1. The second kappa shape index (κ2) is 9.09. The van der Waals surface area contributed by atoms with E-state index in [1.54, 1.807) is 24.4 Å². The van der Waals surface area contributed by atoms with E-state index in [1.165, 1.54) is 25.3 Å². The molecular weight excluding hydrogens is 446 g/mol. The van der Waals surface area contributed by atoms with E-state index in [4.69, 9.17) is 4.74 Å². The highest BCUT2D eigenvalue weighted by Crippen LogP contribution is 2.33. The lowest BCUT2D eigenvalue weighted by atomic mass is 10.2. The van der Waals surface area contributed by atoms with Gasteiger partial charge in [0.05, 0.1) is 24.3 Å². The van der Waals surface area contributed by atoms with Crippen molar-refractivity contribution in [3.63, 3.8) is 0 Å². The van der Waals surface area contributed by atoms with Crippen molar-refractivity contribution in [3.8, 4) is 5.75 Å². The molecule has 0 aliphatic heterocycles. The van der Waals surface area contributed by atoms with Gasteiger partial charge >= 0.3 is 0 Å². The maximum Gasteiger partial charge on any atom is 0.270 e. The molecule has 2 N–H and O–H groups in total. The van der Waals surface area contributed by atoms with Gasteiger partial charge in [0, 0.05) is 34.8 Å². The van der Waals surface area contributed by atoms with Gasteiger partial charge in [-0.1, -0.05) is 30.3 Å². The van der Waals surface area contributed by atoms with Crippen LogP contribution in [0.2, 0.25) is 0 Å². The predicted octanol–water partition coefficient (Wildman–Crippen LogP) is 5.17. The van der Waals surface area contributed by atoms with Crippen LogP contribution in [0.25, 0.3) is 10.9 Å². The maximum absolute atomic E-state index is 13.1. The number of nitro groups is 1. The van der Waals surface area contributed by atoms with Crippen LogP contribution in [0.1, 0.15) is 5.56 Å². The summed E-state index contributed by atoms with van der Waals surface area (Å²) < 4.78 is 33.9. The Morgan fingerprint density at radius 1 is 1.09 bits per heavy atom. The van der Waals surface area contributed by atoms with Crippen LogP contribution in [0, 0.1) is 10.1 Å². The fraction of sp³-hybridized carbons (Fsp3) is 0.0909. The van der Waals surface area contributed by atoms with Crippen molar-refractivity contribution in [3.05, 3.63) is 88.6 Å². The summed E-state index contributed by atoms with van der Waals surface area (Å²) in [6.45, 7) is 0.195. The highest BCUT2D eigenvalue weighted by Gasteiger charge is 2.24. The highest BCUT2D eigenvalue weighted by molar-refractivity contribution is 7.92. The van der Waals surface area contributed by atoms with E-state index in [1.807, 2.05) is 24.3 Å². The summed E-state index contributed by atoms with van der Waals surface area (Å²) in [6, 6.07) is 17.5. The Morgan fingerprint density at radius 3 is 2.64 bits per heavy atom. The van der Waals surface area contributed by atoms with Crippen molar-refractivity contribution in [1.82, 2.24) is 4.98 Å². The van der Waals surface area contributed by atoms with Crippen molar-refractivity contribution in [2.75, 3.05) is 11.8 Å². The molecule has 11 heteroatoms. The molecule has 0 radical (unpaired) electrons. The zero-order valence-electron chi connectivity index (χ0n) is 17.4. The quantitative estimate of drug-likeness (QED) is 0.210. The number of aromatic amines is 1. The third-order valence-corrected chi connectivity index (χ3v) is 6.28. The van der Waals surface area contributed by atoms with Crippen LogP contribution in [0.3, 0.4) is 0 Å². The molecule has 4 aromatic rings. The lowest BCUT2D eigenvalue weighted by Crippen LogP contribution is -2.14. The first-order valence-corrected chi connectivity index (χ1v) is 11.2. The second-order valence-electron chi connectivity index (χ2n) is 6.97. The topological polar surface area (TPSA) is 139 Å². The number of sulfonamides is 1. The number of nitro benzene ring substituents is 1. The predicted molar refractivity (Wildman–Crippen MR) is 123 cm³/mol. The summed E-state index contributed by atoms with van der Waals surface area (Å²) in [5.41, 5.74) is 1.61. The Bertz CT molecular complexity index is 1460. The summed E-state index contributed by atoms with van der Waals surface area (Å²) in [4.78, 5) is 13.4. The number of azo groups is 1. The summed E-state index contributed by atoms with van der Waals surface area (Å²) in [6.07, 6.45) is 1.81. The van der Waals surface area contributed by atoms with Crippen molar-refractivity contribution in [2.45, 2.75) is 11.4 Å². The van der Waals surface area contributed by atoms with E-state index in [0.29, 0.717) is 5.75 Å². The molecule has 1 heterocycles. The molecular formula is C22H19N5O5S. The Labute approximate surface area is 189 Å². The van der Waals surface area contributed by atoms with E-state index in [2.05, 4.69) is 19.9 Å². The minimum Gasteiger partial charge on any atom is -0.495 e. The van der Waals surface area contributed by atoms with E-state index in [0.717, 1.165) is 22.5 Å². The van der Waals surface area contributed by atoms with E-state index >= 15 is 0 Å². The van der Waals surface area contributed by atoms with Gasteiger partial charge < -0.3 is 9.72 Å². The lowest BCUT2D eigenvalue weighted by molar-refractivity contribution is -0.385. The molecule has 0 unspecified atom stereocenters. The minimum atomic E-state index is -4.25. The molecule has 0 bridgehead atoms. The van der Waals surface area contributed by atoms with E-state index < -0.39 is 14.9 Å². The van der Waals surface area contributed by atoms with Gasteiger partial charge in [0.1, 0.15) is 16.3 Å². The first-order valence-electron chi connectivity index (χ1n) is 9.76. The number of benzene rings is 3. The maximum atomic E-state index is 13.1. The van der Waals surface area contributed by atoms with Gasteiger partial charge in [0.15, 0.2) is 0 Å². The zero-order valence-corrected chi connectivity index (χ0v) is 18.2. The summed E-state index contributed by atoms with van der Waals surface area (Å²) >= 11 is 0. The van der Waals surface area contributed by atoms with Crippen LogP contribution in [0.15, 0.2) is 88.1 Å². The van der Waals surface area contributed by atoms with Crippen molar-refractivity contribution >= 4 is 38.0 Å². The molecule has 3 aromatic carbocycles. The number of aromatic nitrogens is 1. The number of hydrogen-bond acceptors (Lipinski definition) is 7. The molecule has 0 aliphatic carbocycles. The monoisotopic (exact) mass is 465 g/mol. The smallest absolute Gasteiger partial charge is 0.270 e. The largest absolute Gasteiger partial charge is 0.495 e. The van der Waals surface area contributed by atoms with Crippen LogP contribution in [0.4, 0.5) is 17.1 Å². The highest BCUT2D eigenvalue weighted by atomic mass is 32.2. The summed E-state index contributed by atoms with van der Waals surface area (Å²) in [7, 11) is -2.84. The number of para-hydroxylation sites is 3. The number of fused-ring (bicyclic) bond motifs is 1. The van der Waals surface area contributed by atoms with Gasteiger partial charge in [0.25, 0.3) is 15.7 Å². The van der Waals surface area contributed by atoms with Gasteiger partial charge in [-0.3, -0.25) is 14.8 Å². The minimum absolute atomic E-state index is 0.0251. The molecule has 168 valence electrons. The Kier molecular flexibility index (Phi) is 6.05. The van der Waals surface area contributed by atoms with Gasteiger partial charge in [-0.05, 0) is 24.3 Å². The average Bonchev–Trinajstić information content (AvgIpc) is 3.22. The standard InChI is InChI=1S/C22H19N5O5S/c1-32-21-9-5-4-8-19(21)26-33(30,31)22-12-16(27(28)29)10-11-20(22)25-24-14-15-13-23-18-7-3-2-6-17(15)18/h2-13,23,26H,14H2,1H3. The Morgan fingerprint density at radius 2 is 1.85 bits per heavy atom. The third kappa shape index (κ3) is 4.67. The molecule has 0 saturated carbocycles. The third-order valence-electron chi connectivity index (χ3n) is 4.89. The number of nitrogens with one attached hydrogen (secondary N) is 2. The molecule has 0 atom stereocenters. The lowest BCUT2D eigenvalue weighted by Gasteiger charge is -2.12. The molecule has 4 rings (SSSR count). The number of anilines is 1. The first kappa shape index (κ1) is 22.0. The van der Waals surface area contributed by atoms with Crippen molar-refractivity contribution < 1.29 is 18.1 Å². The Hall–Kier alpha value is -4.25. The summed E-state index contributed by atoms with van der Waals surface area (Å²) in [5, 5.41) is 20.5. The van der Waals surface area contributed by atoms with Crippen LogP contribution >= 0.6 is 0 Å². The van der Waals surface area contributed by atoms with Crippen molar-refractivity contribution in [1.29, 1.82) is 0 Å². The van der Waals surface area contributed by atoms with Gasteiger partial charge in [-0.2, -0.15) is 10.2 Å². The van der Waals surface area contributed by atoms with Crippen molar-refractivity contribution in [2.24, 2.45) is 10.2 Å². The van der Waals surface area contributed by atoms with E-state index in [9.17, 15) is 18.5 Å². The van der Waals surface area contributed by atoms with Gasteiger partial charge in [-0.15, -0.1) is 0 Å². The Balaban J connectivity index is 1.68. The molecule has 0 saturated heterocycles.